The maximum atomic E-state index is 16.6. The number of methoxy groups -OCH3 is 1. The monoisotopic (exact) mass is 962 g/mol. The van der Waals surface area contributed by atoms with Crippen molar-refractivity contribution in [2.24, 2.45) is 17.8 Å². The first-order chi connectivity index (χ1) is 32.1. The third kappa shape index (κ3) is 11.7. The van der Waals surface area contributed by atoms with Gasteiger partial charge in [0.1, 0.15) is 12.4 Å². The third-order valence-electron chi connectivity index (χ3n) is 13.6. The fourth-order valence-electron chi connectivity index (χ4n) is 9.90. The fraction of sp³-hybridized carbons (Fsp3) is 0.462. The average molecular weight is 963 g/mol. The second-order valence-electron chi connectivity index (χ2n) is 18.5. The minimum absolute atomic E-state index is 0.0707. The summed E-state index contributed by atoms with van der Waals surface area (Å²) in [6, 6.07) is 23.2. The minimum Gasteiger partial charge on any atom is -0.492 e. The topological polar surface area (TPSA) is 109 Å². The lowest BCUT2D eigenvalue weighted by molar-refractivity contribution is -0.148. The van der Waals surface area contributed by atoms with E-state index in [2.05, 4.69) is 16.4 Å². The molecule has 0 bridgehead atoms. The van der Waals surface area contributed by atoms with Crippen LogP contribution in [0.2, 0.25) is 0 Å². The van der Waals surface area contributed by atoms with Crippen LogP contribution in [-0.2, 0) is 44.6 Å². The SMILES string of the molecule is C=CC(F)(F)C1=C(c2ccc(CC(F)(F)c3sc(CO[C@@H]4CCC(CN5CC(C(=O)O)C5)CC4OC)cc3-c3ccccc3)cc2)CC(COc2ccc(CN3CCC(C(=O)O)C3)cc2C)S1. The Balaban J connectivity index is 0.907. The quantitative estimate of drug-likeness (QED) is 0.0657. The van der Waals surface area contributed by atoms with E-state index in [-0.39, 0.29) is 58.7 Å². The molecule has 2 saturated heterocycles. The number of halogens is 4. The number of carboxylic acids is 2. The number of likely N-dealkylation sites (tertiary alicyclic amines) is 2. The van der Waals surface area contributed by atoms with Gasteiger partial charge in [-0.2, -0.15) is 8.78 Å². The smallest absolute Gasteiger partial charge is 0.309 e. The number of aryl methyl sites for hydroxylation is 1. The number of thiophene rings is 1. The van der Waals surface area contributed by atoms with Crippen LogP contribution in [0.15, 0.2) is 96.4 Å². The van der Waals surface area contributed by atoms with Crippen molar-refractivity contribution >= 4 is 40.6 Å². The number of benzene rings is 3. The first-order valence-electron chi connectivity index (χ1n) is 22.9. The molecule has 3 aliphatic heterocycles. The van der Waals surface area contributed by atoms with Crippen LogP contribution in [0.25, 0.3) is 16.7 Å². The number of alkyl halides is 4. The molecule has 4 aromatic rings. The Bertz CT molecular complexity index is 2420. The van der Waals surface area contributed by atoms with E-state index >= 15 is 17.6 Å². The lowest BCUT2D eigenvalue weighted by atomic mass is 9.83. The number of hydrogen-bond acceptors (Lipinski definition) is 9. The summed E-state index contributed by atoms with van der Waals surface area (Å²) in [4.78, 5) is 27.4. The molecule has 1 aliphatic carbocycles. The van der Waals surface area contributed by atoms with Crippen molar-refractivity contribution in [3.8, 4) is 16.9 Å². The molecule has 15 heteroatoms. The van der Waals surface area contributed by atoms with Gasteiger partial charge in [0, 0.05) is 61.9 Å². The Morgan fingerprint density at radius 3 is 2.25 bits per heavy atom. The van der Waals surface area contributed by atoms with Gasteiger partial charge in [-0.1, -0.05) is 73.3 Å². The summed E-state index contributed by atoms with van der Waals surface area (Å²) in [6.45, 7) is 9.46. The third-order valence-corrected chi connectivity index (χ3v) is 16.2. The van der Waals surface area contributed by atoms with Crippen molar-refractivity contribution in [3.63, 3.8) is 0 Å². The van der Waals surface area contributed by atoms with E-state index in [0.717, 1.165) is 66.6 Å². The van der Waals surface area contributed by atoms with Crippen molar-refractivity contribution in [2.75, 3.05) is 46.4 Å². The van der Waals surface area contributed by atoms with Crippen LogP contribution in [0.5, 0.6) is 5.75 Å². The second kappa shape index (κ2) is 21.0. The highest BCUT2D eigenvalue weighted by molar-refractivity contribution is 8.04. The number of rotatable bonds is 20. The van der Waals surface area contributed by atoms with E-state index in [1.165, 1.54) is 0 Å². The summed E-state index contributed by atoms with van der Waals surface area (Å²) in [5, 5.41) is 18.3. The molecule has 9 nitrogen and oxygen atoms in total. The van der Waals surface area contributed by atoms with Crippen LogP contribution in [0.3, 0.4) is 0 Å². The van der Waals surface area contributed by atoms with Crippen LogP contribution in [-0.4, -0.2) is 102 Å². The molecule has 4 aliphatic rings. The standard InChI is InChI=1S/C52H58F4N2O7S2/c1-4-51(53,54)47-43(23-40(66-47)30-64-44-16-12-34(20-32(44)2)25-57-19-18-38(27-57)49(59)60)37-14-10-33(11-15-37)24-52(55,56)48-42(36-8-6-5-7-9-36)22-41(67-48)31-65-45-17-13-35(21-46(45)63-3)26-58-28-39(29-58)50(61)62/h4-12,14-16,20,22,35,38-40,45-46H,1,13,17-19,21,23-31H2,2-3H3,(H,59,60)(H,61,62)/t35?,38?,40?,45-,46?/m1/s1. The number of carboxylic acid groups (broad SMARTS) is 2. The molecule has 0 amide bonds. The van der Waals surface area contributed by atoms with Crippen LogP contribution < -0.4 is 4.74 Å². The summed E-state index contributed by atoms with van der Waals surface area (Å²) in [5.41, 5.74) is 4.36. The molecule has 4 unspecified atom stereocenters. The van der Waals surface area contributed by atoms with Gasteiger partial charge in [-0.3, -0.25) is 14.5 Å². The summed E-state index contributed by atoms with van der Waals surface area (Å²) in [7, 11) is 1.66. The molecule has 358 valence electrons. The van der Waals surface area contributed by atoms with Crippen LogP contribution in [0.4, 0.5) is 17.6 Å². The Hall–Kier alpha value is -4.51. The summed E-state index contributed by atoms with van der Waals surface area (Å²) < 4.78 is 82.6. The number of thioether (sulfide) groups is 1. The zero-order chi connectivity index (χ0) is 47.5. The molecule has 1 aromatic heterocycles. The highest BCUT2D eigenvalue weighted by Crippen LogP contribution is 2.51. The summed E-state index contributed by atoms with van der Waals surface area (Å²) in [6.07, 6.45) is 3.02. The van der Waals surface area contributed by atoms with Crippen molar-refractivity contribution in [2.45, 2.75) is 87.9 Å². The highest BCUT2D eigenvalue weighted by Gasteiger charge is 2.42. The molecule has 3 aromatic carbocycles. The largest absolute Gasteiger partial charge is 0.492 e. The molecule has 5 atom stereocenters. The number of hydrogen-bond donors (Lipinski definition) is 2. The van der Waals surface area contributed by atoms with Crippen molar-refractivity contribution in [1.82, 2.24) is 9.80 Å². The zero-order valence-electron chi connectivity index (χ0n) is 37.8. The number of nitrogens with zero attached hydrogens (tertiary/aromatic N) is 2. The van der Waals surface area contributed by atoms with Gasteiger partial charge in [0.2, 0.25) is 0 Å². The van der Waals surface area contributed by atoms with Gasteiger partial charge in [0.05, 0.1) is 40.4 Å². The van der Waals surface area contributed by atoms with Crippen LogP contribution in [0, 0.1) is 24.7 Å². The van der Waals surface area contributed by atoms with Gasteiger partial charge in [-0.05, 0) is 103 Å². The van der Waals surface area contributed by atoms with Gasteiger partial charge in [0.15, 0.2) is 0 Å². The fourth-order valence-corrected chi connectivity index (χ4v) is 12.3. The van der Waals surface area contributed by atoms with Gasteiger partial charge in [-0.25, -0.2) is 8.78 Å². The molecule has 0 radical (unpaired) electrons. The second-order valence-corrected chi connectivity index (χ2v) is 21.0. The first-order valence-corrected chi connectivity index (χ1v) is 24.6. The molecule has 1 saturated carbocycles. The van der Waals surface area contributed by atoms with E-state index < -0.39 is 30.2 Å². The molecular weight excluding hydrogens is 905 g/mol. The molecule has 8 rings (SSSR count). The minimum atomic E-state index is -3.30. The van der Waals surface area contributed by atoms with E-state index in [1.54, 1.807) is 37.4 Å². The lowest BCUT2D eigenvalue weighted by Crippen LogP contribution is -2.52. The normalized spacial score (nSPS) is 23.1. The Morgan fingerprint density at radius 2 is 1.58 bits per heavy atom. The van der Waals surface area contributed by atoms with E-state index in [0.29, 0.717) is 83.0 Å². The van der Waals surface area contributed by atoms with Gasteiger partial charge in [-0.15, -0.1) is 23.1 Å². The molecule has 3 fully saturated rings. The van der Waals surface area contributed by atoms with E-state index in [9.17, 15) is 19.8 Å². The Morgan fingerprint density at radius 1 is 0.866 bits per heavy atom. The lowest BCUT2D eigenvalue weighted by Gasteiger charge is -2.42. The summed E-state index contributed by atoms with van der Waals surface area (Å²) >= 11 is 2.09. The Labute approximate surface area is 397 Å². The van der Waals surface area contributed by atoms with E-state index in [1.807, 2.05) is 55.5 Å². The first kappa shape index (κ1) is 48.9. The zero-order valence-corrected chi connectivity index (χ0v) is 39.4. The van der Waals surface area contributed by atoms with Gasteiger partial charge >= 0.3 is 11.9 Å². The molecular formula is C52H58F4N2O7S2. The molecule has 4 heterocycles. The highest BCUT2D eigenvalue weighted by atomic mass is 32.2. The van der Waals surface area contributed by atoms with Crippen molar-refractivity contribution < 1.29 is 51.6 Å². The number of allylic oxidation sites excluding steroid dienone is 3. The van der Waals surface area contributed by atoms with Gasteiger partial charge in [0.25, 0.3) is 11.8 Å². The van der Waals surface area contributed by atoms with Crippen LogP contribution in [0.1, 0.15) is 64.1 Å². The Kier molecular flexibility index (Phi) is 15.3. The average Bonchev–Trinajstić information content (AvgIpc) is 4.07. The van der Waals surface area contributed by atoms with Crippen LogP contribution >= 0.6 is 23.1 Å². The predicted octanol–water partition coefficient (Wildman–Crippen LogP) is 10.8. The predicted molar refractivity (Wildman–Crippen MR) is 254 cm³/mol. The number of ether oxygens (including phenoxy) is 3. The van der Waals surface area contributed by atoms with Crippen molar-refractivity contribution in [3.05, 3.63) is 128 Å². The molecule has 67 heavy (non-hydrogen) atoms. The van der Waals surface area contributed by atoms with Crippen molar-refractivity contribution in [1.29, 1.82) is 0 Å². The maximum absolute atomic E-state index is 16.6. The van der Waals surface area contributed by atoms with Gasteiger partial charge < -0.3 is 29.3 Å². The maximum Gasteiger partial charge on any atom is 0.309 e. The molecule has 0 spiro atoms. The summed E-state index contributed by atoms with van der Waals surface area (Å²) in [5.74, 6) is -7.74. The number of aliphatic carboxylic acids is 2. The number of carbonyl (C=O) groups is 2. The molecule has 2 N–H and O–H groups in total. The van der Waals surface area contributed by atoms with E-state index in [4.69, 9.17) is 14.2 Å².